The van der Waals surface area contributed by atoms with Gasteiger partial charge in [0, 0.05) is 11.4 Å². The number of nitrogens with zero attached hydrogens (tertiary/aromatic N) is 1. The Hall–Kier alpha value is -3.00. The molecule has 5 heteroatoms. The number of rotatable bonds is 4. The first-order valence-electron chi connectivity index (χ1n) is 9.05. The molecule has 0 bridgehead atoms. The number of nitriles is 1. The lowest BCUT2D eigenvalue weighted by molar-refractivity contribution is -0.141. The highest BCUT2D eigenvalue weighted by molar-refractivity contribution is 5.81. The molecule has 0 saturated heterocycles. The molecule has 2 aromatic carbocycles. The van der Waals surface area contributed by atoms with Gasteiger partial charge < -0.3 is 15.7 Å². The van der Waals surface area contributed by atoms with Crippen LogP contribution in [0.2, 0.25) is 0 Å². The molecule has 0 radical (unpaired) electrons. The molecule has 1 heterocycles. The van der Waals surface area contributed by atoms with Crippen LogP contribution in [-0.2, 0) is 10.2 Å². The van der Waals surface area contributed by atoms with Crippen LogP contribution in [0.3, 0.4) is 0 Å². The summed E-state index contributed by atoms with van der Waals surface area (Å²) in [7, 11) is 0. The lowest BCUT2D eigenvalue weighted by Gasteiger charge is -2.39. The third kappa shape index (κ3) is 3.75. The number of carboxylic acid groups (broad SMARTS) is 1. The maximum absolute atomic E-state index is 11.4. The van der Waals surface area contributed by atoms with Crippen molar-refractivity contribution in [2.24, 2.45) is 0 Å². The number of fused-ring (bicyclic) bond motifs is 1. The van der Waals surface area contributed by atoms with Gasteiger partial charge in [0.1, 0.15) is 5.54 Å². The zero-order valence-electron chi connectivity index (χ0n) is 16.1. The van der Waals surface area contributed by atoms with Crippen molar-refractivity contribution < 1.29 is 9.90 Å². The van der Waals surface area contributed by atoms with E-state index in [1.165, 1.54) is 0 Å². The number of benzene rings is 2. The van der Waals surface area contributed by atoms with Gasteiger partial charge in [-0.25, -0.2) is 4.79 Å². The second-order valence-corrected chi connectivity index (χ2v) is 8.34. The third-order valence-corrected chi connectivity index (χ3v) is 5.20. The molecule has 2 aromatic rings. The van der Waals surface area contributed by atoms with Gasteiger partial charge in [-0.1, -0.05) is 26.0 Å². The molecule has 1 atom stereocenters. The maximum atomic E-state index is 11.4. The van der Waals surface area contributed by atoms with Crippen LogP contribution in [0.4, 0.5) is 11.4 Å². The molecule has 3 rings (SSSR count). The van der Waals surface area contributed by atoms with Crippen LogP contribution >= 0.6 is 0 Å². The zero-order chi connectivity index (χ0) is 19.8. The van der Waals surface area contributed by atoms with Crippen molar-refractivity contribution in [1.29, 1.82) is 5.26 Å². The van der Waals surface area contributed by atoms with Crippen LogP contribution < -0.4 is 10.6 Å². The van der Waals surface area contributed by atoms with E-state index in [4.69, 9.17) is 0 Å². The van der Waals surface area contributed by atoms with Crippen molar-refractivity contribution in [2.75, 3.05) is 10.6 Å². The number of carbonyl (C=O) groups is 1. The van der Waals surface area contributed by atoms with Gasteiger partial charge in [0.2, 0.25) is 0 Å². The monoisotopic (exact) mass is 363 g/mol. The second kappa shape index (κ2) is 6.62. The van der Waals surface area contributed by atoms with Crippen LogP contribution in [0.25, 0.3) is 0 Å². The molecule has 3 N–H and O–H groups in total. The Balaban J connectivity index is 1.91. The first kappa shape index (κ1) is 18.8. The van der Waals surface area contributed by atoms with E-state index in [1.54, 1.807) is 13.8 Å². The number of nitrogens with one attached hydrogen (secondary N) is 2. The Bertz CT molecular complexity index is 925. The van der Waals surface area contributed by atoms with Crippen LogP contribution in [0.15, 0.2) is 42.5 Å². The molecule has 140 valence electrons. The average Bonchev–Trinajstić information content (AvgIpc) is 2.60. The zero-order valence-corrected chi connectivity index (χ0v) is 16.1. The lowest BCUT2D eigenvalue weighted by Crippen LogP contribution is -2.40. The molecule has 0 aliphatic carbocycles. The summed E-state index contributed by atoms with van der Waals surface area (Å²) in [5.74, 6) is -0.896. The molecule has 1 aliphatic heterocycles. The standard InChI is InChI=1S/C22H25N3O2/c1-21(2)12-19(24-18-9-8-14(13-23)10-17(18)21)15-6-5-7-16(11-15)25-22(3,4)20(26)27/h5-11,19,24-25H,12H2,1-4H3,(H,26,27). The minimum Gasteiger partial charge on any atom is -0.480 e. The summed E-state index contributed by atoms with van der Waals surface area (Å²) in [6, 6.07) is 16.0. The van der Waals surface area contributed by atoms with Crippen molar-refractivity contribution in [3.05, 3.63) is 59.2 Å². The fourth-order valence-electron chi connectivity index (χ4n) is 3.61. The fraction of sp³-hybridized carbons (Fsp3) is 0.364. The van der Waals surface area contributed by atoms with E-state index in [9.17, 15) is 15.2 Å². The van der Waals surface area contributed by atoms with Gasteiger partial charge in [0.05, 0.1) is 17.7 Å². The highest BCUT2D eigenvalue weighted by Crippen LogP contribution is 2.44. The van der Waals surface area contributed by atoms with Crippen LogP contribution in [-0.4, -0.2) is 16.6 Å². The maximum Gasteiger partial charge on any atom is 0.328 e. The molecule has 0 saturated carbocycles. The van der Waals surface area contributed by atoms with Gasteiger partial charge in [-0.2, -0.15) is 5.26 Å². The summed E-state index contributed by atoms with van der Waals surface area (Å²) in [6.45, 7) is 7.67. The first-order valence-corrected chi connectivity index (χ1v) is 9.05. The van der Waals surface area contributed by atoms with Crippen molar-refractivity contribution in [3.63, 3.8) is 0 Å². The lowest BCUT2D eigenvalue weighted by atomic mass is 9.73. The quantitative estimate of drug-likeness (QED) is 0.735. The summed E-state index contributed by atoms with van der Waals surface area (Å²) < 4.78 is 0. The molecular weight excluding hydrogens is 338 g/mol. The van der Waals surface area contributed by atoms with Gasteiger partial charge in [-0.15, -0.1) is 0 Å². The summed E-state index contributed by atoms with van der Waals surface area (Å²) in [5.41, 5.74) is 3.62. The van der Waals surface area contributed by atoms with Crippen LogP contribution in [0.1, 0.15) is 56.8 Å². The van der Waals surface area contributed by atoms with Crippen molar-refractivity contribution in [2.45, 2.75) is 51.1 Å². The predicted octanol–water partition coefficient (Wildman–Crippen LogP) is 4.67. The van der Waals surface area contributed by atoms with Crippen molar-refractivity contribution >= 4 is 17.3 Å². The molecule has 27 heavy (non-hydrogen) atoms. The minimum absolute atomic E-state index is 0.0815. The van der Waals surface area contributed by atoms with E-state index in [0.29, 0.717) is 5.56 Å². The highest BCUT2D eigenvalue weighted by atomic mass is 16.4. The van der Waals surface area contributed by atoms with E-state index in [2.05, 4.69) is 36.6 Å². The summed E-state index contributed by atoms with van der Waals surface area (Å²) in [5, 5.41) is 25.2. The second-order valence-electron chi connectivity index (χ2n) is 8.34. The Labute approximate surface area is 160 Å². The number of hydrogen-bond donors (Lipinski definition) is 3. The number of carboxylic acids is 1. The van der Waals surface area contributed by atoms with E-state index in [1.807, 2.05) is 36.4 Å². The summed E-state index contributed by atoms with van der Waals surface area (Å²) in [6.07, 6.45) is 0.876. The Kier molecular flexibility index (Phi) is 4.61. The number of anilines is 2. The minimum atomic E-state index is -1.04. The van der Waals surface area contributed by atoms with E-state index in [0.717, 1.165) is 28.9 Å². The molecule has 0 fully saturated rings. The smallest absolute Gasteiger partial charge is 0.328 e. The summed E-state index contributed by atoms with van der Waals surface area (Å²) >= 11 is 0. The van der Waals surface area contributed by atoms with Crippen LogP contribution in [0.5, 0.6) is 0 Å². The van der Waals surface area contributed by atoms with Gasteiger partial charge in [0.25, 0.3) is 0 Å². The van der Waals surface area contributed by atoms with E-state index in [-0.39, 0.29) is 11.5 Å². The largest absolute Gasteiger partial charge is 0.480 e. The molecule has 0 aromatic heterocycles. The van der Waals surface area contributed by atoms with Crippen LogP contribution in [0, 0.1) is 11.3 Å². The average molecular weight is 363 g/mol. The van der Waals surface area contributed by atoms with Gasteiger partial charge in [-0.3, -0.25) is 0 Å². The van der Waals surface area contributed by atoms with Gasteiger partial charge in [0.15, 0.2) is 0 Å². The molecule has 5 nitrogen and oxygen atoms in total. The normalized spacial score (nSPS) is 18.0. The SMILES string of the molecule is CC(C)(Nc1cccc(C2CC(C)(C)c3cc(C#N)ccc3N2)c1)C(=O)O. The van der Waals surface area contributed by atoms with Crippen molar-refractivity contribution in [1.82, 2.24) is 0 Å². The number of hydrogen-bond acceptors (Lipinski definition) is 4. The summed E-state index contributed by atoms with van der Waals surface area (Å²) in [4.78, 5) is 11.4. The molecule has 1 unspecified atom stereocenters. The Morgan fingerprint density at radius 2 is 2.04 bits per heavy atom. The predicted molar refractivity (Wildman–Crippen MR) is 107 cm³/mol. The van der Waals surface area contributed by atoms with Crippen molar-refractivity contribution in [3.8, 4) is 6.07 Å². The molecular formula is C22H25N3O2. The molecule has 1 aliphatic rings. The Morgan fingerprint density at radius 1 is 1.30 bits per heavy atom. The topological polar surface area (TPSA) is 85.2 Å². The number of aliphatic carboxylic acids is 1. The third-order valence-electron chi connectivity index (χ3n) is 5.20. The Morgan fingerprint density at radius 3 is 2.70 bits per heavy atom. The molecule has 0 spiro atoms. The van der Waals surface area contributed by atoms with E-state index >= 15 is 0 Å². The highest BCUT2D eigenvalue weighted by Gasteiger charge is 2.34. The van der Waals surface area contributed by atoms with Gasteiger partial charge >= 0.3 is 5.97 Å². The van der Waals surface area contributed by atoms with E-state index < -0.39 is 11.5 Å². The first-order chi connectivity index (χ1) is 12.6. The van der Waals surface area contributed by atoms with Gasteiger partial charge in [-0.05, 0) is 67.1 Å². The molecule has 0 amide bonds. The fourth-order valence-corrected chi connectivity index (χ4v) is 3.61.